The minimum atomic E-state index is -0.594. The molecule has 0 aromatic heterocycles. The van der Waals surface area contributed by atoms with Crippen molar-refractivity contribution < 1.29 is 18.4 Å². The number of carbonyl (C=O) groups is 2. The maximum absolute atomic E-state index is 13.1. The van der Waals surface area contributed by atoms with Crippen LogP contribution in [0.15, 0.2) is 54.6 Å². The molecule has 0 radical (unpaired) electrons. The van der Waals surface area contributed by atoms with Crippen LogP contribution in [0.5, 0.6) is 0 Å². The number of hydrogen-bond acceptors (Lipinski definition) is 2. The van der Waals surface area contributed by atoms with Gasteiger partial charge >= 0.3 is 0 Å². The number of halogens is 3. The smallest absolute Gasteiger partial charge is 0.251 e. The third kappa shape index (κ3) is 5.97. The standard InChI is InChI=1S/C19H17ClF2N2O2/c1-12(10-18(25)24-15-5-3-14(21)4-6-15)8-9-23-19(26)13-2-7-17(22)16(20)11-13/h2-7,11H,1,8-10H2,(H,23,26)(H,24,25). The summed E-state index contributed by atoms with van der Waals surface area (Å²) in [6.45, 7) is 4.08. The number of anilines is 1. The average molecular weight is 379 g/mol. The van der Waals surface area contributed by atoms with Crippen molar-refractivity contribution >= 4 is 29.1 Å². The monoisotopic (exact) mass is 378 g/mol. The van der Waals surface area contributed by atoms with E-state index in [2.05, 4.69) is 17.2 Å². The molecule has 7 heteroatoms. The van der Waals surface area contributed by atoms with Crippen LogP contribution in [0.4, 0.5) is 14.5 Å². The predicted octanol–water partition coefficient (Wildman–Crippen LogP) is 4.32. The summed E-state index contributed by atoms with van der Waals surface area (Å²) in [5.41, 5.74) is 1.36. The van der Waals surface area contributed by atoms with Crippen molar-refractivity contribution in [1.29, 1.82) is 0 Å². The molecule has 26 heavy (non-hydrogen) atoms. The maximum atomic E-state index is 13.1. The van der Waals surface area contributed by atoms with Crippen molar-refractivity contribution in [3.8, 4) is 0 Å². The van der Waals surface area contributed by atoms with Gasteiger partial charge in [0.05, 0.1) is 5.02 Å². The van der Waals surface area contributed by atoms with E-state index in [1.807, 2.05) is 0 Å². The molecule has 0 saturated carbocycles. The molecule has 0 unspecified atom stereocenters. The van der Waals surface area contributed by atoms with E-state index in [1.54, 1.807) is 0 Å². The van der Waals surface area contributed by atoms with Gasteiger partial charge in [-0.15, -0.1) is 0 Å². The van der Waals surface area contributed by atoms with E-state index in [0.29, 0.717) is 17.7 Å². The quantitative estimate of drug-likeness (QED) is 0.705. The number of hydrogen-bond donors (Lipinski definition) is 2. The van der Waals surface area contributed by atoms with Gasteiger partial charge in [-0.2, -0.15) is 0 Å². The number of benzene rings is 2. The van der Waals surface area contributed by atoms with E-state index in [1.165, 1.54) is 36.4 Å². The van der Waals surface area contributed by atoms with Crippen molar-refractivity contribution in [3.05, 3.63) is 76.8 Å². The Morgan fingerprint density at radius 2 is 1.77 bits per heavy atom. The first-order valence-corrected chi connectivity index (χ1v) is 8.18. The summed E-state index contributed by atoms with van der Waals surface area (Å²) in [4.78, 5) is 23.8. The van der Waals surface area contributed by atoms with Crippen LogP contribution in [0.3, 0.4) is 0 Å². The molecule has 2 aromatic rings. The molecule has 0 aliphatic rings. The zero-order valence-electron chi connectivity index (χ0n) is 13.8. The predicted molar refractivity (Wildman–Crippen MR) is 97.1 cm³/mol. The third-order valence-electron chi connectivity index (χ3n) is 3.48. The van der Waals surface area contributed by atoms with E-state index in [9.17, 15) is 18.4 Å². The van der Waals surface area contributed by atoms with Gasteiger partial charge in [0.2, 0.25) is 5.91 Å². The van der Waals surface area contributed by atoms with Crippen LogP contribution < -0.4 is 10.6 Å². The van der Waals surface area contributed by atoms with E-state index in [-0.39, 0.29) is 35.3 Å². The van der Waals surface area contributed by atoms with E-state index < -0.39 is 11.7 Å². The van der Waals surface area contributed by atoms with Gasteiger partial charge in [-0.1, -0.05) is 23.8 Å². The highest BCUT2D eigenvalue weighted by Gasteiger charge is 2.09. The molecule has 0 aliphatic carbocycles. The van der Waals surface area contributed by atoms with E-state index >= 15 is 0 Å². The van der Waals surface area contributed by atoms with Gasteiger partial charge < -0.3 is 10.6 Å². The summed E-state index contributed by atoms with van der Waals surface area (Å²) < 4.78 is 25.9. The molecule has 0 bridgehead atoms. The molecule has 136 valence electrons. The molecule has 0 fully saturated rings. The largest absolute Gasteiger partial charge is 0.352 e. The Hall–Kier alpha value is -2.73. The molecule has 4 nitrogen and oxygen atoms in total. The van der Waals surface area contributed by atoms with Crippen molar-refractivity contribution in [1.82, 2.24) is 5.32 Å². The van der Waals surface area contributed by atoms with Crippen LogP contribution in [0, 0.1) is 11.6 Å². The fraction of sp³-hybridized carbons (Fsp3) is 0.158. The molecular formula is C19H17ClF2N2O2. The number of rotatable bonds is 7. The lowest BCUT2D eigenvalue weighted by molar-refractivity contribution is -0.115. The average Bonchev–Trinajstić information content (AvgIpc) is 2.59. The summed E-state index contributed by atoms with van der Waals surface area (Å²) in [6, 6.07) is 9.13. The van der Waals surface area contributed by atoms with Gasteiger partial charge in [-0.25, -0.2) is 8.78 Å². The highest BCUT2D eigenvalue weighted by atomic mass is 35.5. The lowest BCUT2D eigenvalue weighted by atomic mass is 10.1. The Balaban J connectivity index is 1.74. The molecule has 0 atom stereocenters. The summed E-state index contributed by atoms with van der Waals surface area (Å²) in [6.07, 6.45) is 0.479. The Labute approximate surface area is 154 Å². The third-order valence-corrected chi connectivity index (χ3v) is 3.77. The number of carbonyl (C=O) groups excluding carboxylic acids is 2. The van der Waals surface area contributed by atoms with Crippen molar-refractivity contribution in [2.45, 2.75) is 12.8 Å². The van der Waals surface area contributed by atoms with E-state index in [4.69, 9.17) is 11.6 Å². The maximum Gasteiger partial charge on any atom is 0.251 e. The topological polar surface area (TPSA) is 58.2 Å². The number of nitrogens with one attached hydrogen (secondary N) is 2. The first kappa shape index (κ1) is 19.6. The fourth-order valence-electron chi connectivity index (χ4n) is 2.15. The lowest BCUT2D eigenvalue weighted by Gasteiger charge is -2.09. The second kappa shape index (κ2) is 9.10. The molecule has 2 amide bonds. The van der Waals surface area contributed by atoms with E-state index in [0.717, 1.165) is 6.07 Å². The first-order chi connectivity index (χ1) is 12.3. The van der Waals surface area contributed by atoms with Gasteiger partial charge in [0.25, 0.3) is 5.91 Å². The molecule has 2 aromatic carbocycles. The number of amides is 2. The minimum absolute atomic E-state index is 0.0790. The zero-order valence-corrected chi connectivity index (χ0v) is 14.6. The Bertz CT molecular complexity index is 823. The van der Waals surface area contributed by atoms with Crippen LogP contribution >= 0.6 is 11.6 Å². The highest BCUT2D eigenvalue weighted by molar-refractivity contribution is 6.31. The SMILES string of the molecule is C=C(CCNC(=O)c1ccc(F)c(Cl)c1)CC(=O)Nc1ccc(F)cc1. The van der Waals surface area contributed by atoms with Gasteiger partial charge in [0, 0.05) is 24.2 Å². The zero-order chi connectivity index (χ0) is 19.1. The molecule has 0 spiro atoms. The molecule has 0 heterocycles. The minimum Gasteiger partial charge on any atom is -0.352 e. The van der Waals surface area contributed by atoms with Gasteiger partial charge in [-0.3, -0.25) is 9.59 Å². The van der Waals surface area contributed by atoms with Crippen LogP contribution in [0.2, 0.25) is 5.02 Å². The lowest BCUT2D eigenvalue weighted by Crippen LogP contribution is -2.25. The second-order valence-electron chi connectivity index (χ2n) is 5.62. The normalized spacial score (nSPS) is 10.3. The second-order valence-corrected chi connectivity index (χ2v) is 6.02. The molecule has 0 aliphatic heterocycles. The molecule has 2 N–H and O–H groups in total. The Morgan fingerprint density at radius 1 is 1.08 bits per heavy atom. The van der Waals surface area contributed by atoms with Gasteiger partial charge in [-0.05, 0) is 48.9 Å². The summed E-state index contributed by atoms with van der Waals surface area (Å²) in [5.74, 6) is -1.65. The van der Waals surface area contributed by atoms with Crippen LogP contribution in [-0.2, 0) is 4.79 Å². The van der Waals surface area contributed by atoms with Gasteiger partial charge in [0.1, 0.15) is 11.6 Å². The Kier molecular flexibility index (Phi) is 6.86. The molecular weight excluding hydrogens is 362 g/mol. The first-order valence-electron chi connectivity index (χ1n) is 7.80. The van der Waals surface area contributed by atoms with Gasteiger partial charge in [0.15, 0.2) is 0 Å². The summed E-state index contributed by atoms with van der Waals surface area (Å²) >= 11 is 5.64. The summed E-state index contributed by atoms with van der Waals surface area (Å²) in [5, 5.41) is 5.16. The summed E-state index contributed by atoms with van der Waals surface area (Å²) in [7, 11) is 0. The Morgan fingerprint density at radius 3 is 2.42 bits per heavy atom. The van der Waals surface area contributed by atoms with Crippen molar-refractivity contribution in [3.63, 3.8) is 0 Å². The van der Waals surface area contributed by atoms with Crippen LogP contribution in [-0.4, -0.2) is 18.4 Å². The van der Waals surface area contributed by atoms with Crippen molar-refractivity contribution in [2.75, 3.05) is 11.9 Å². The molecule has 0 saturated heterocycles. The van der Waals surface area contributed by atoms with Crippen LogP contribution in [0.25, 0.3) is 0 Å². The highest BCUT2D eigenvalue weighted by Crippen LogP contribution is 2.16. The van der Waals surface area contributed by atoms with Crippen LogP contribution in [0.1, 0.15) is 23.2 Å². The molecule has 2 rings (SSSR count). The fourth-order valence-corrected chi connectivity index (χ4v) is 2.33. The van der Waals surface area contributed by atoms with Crippen molar-refractivity contribution in [2.24, 2.45) is 0 Å².